The predicted octanol–water partition coefficient (Wildman–Crippen LogP) is 0.946. The summed E-state index contributed by atoms with van der Waals surface area (Å²) in [4.78, 5) is 20.3. The van der Waals surface area contributed by atoms with Gasteiger partial charge in [-0.25, -0.2) is 4.98 Å². The lowest BCUT2D eigenvalue weighted by Crippen LogP contribution is -2.51. The van der Waals surface area contributed by atoms with Crippen molar-refractivity contribution in [2.75, 3.05) is 24.5 Å². The molecule has 2 aliphatic rings. The standard InChI is InChI=1S/C14H19N3O2/c1-10(18)11-2-4-13(15-8-11)16-6-7-17-12(9-16)3-5-14(17)19/h2,4,8,10,12,18H,3,5-7,9H2,1H3/t10-,12?/m1/s1. The fourth-order valence-electron chi connectivity index (χ4n) is 2.90. The quantitative estimate of drug-likeness (QED) is 0.861. The Kier molecular flexibility index (Phi) is 3.14. The lowest BCUT2D eigenvalue weighted by atomic mass is 10.1. The normalized spacial score (nSPS) is 24.5. The van der Waals surface area contributed by atoms with Crippen LogP contribution in [0.4, 0.5) is 5.82 Å². The van der Waals surface area contributed by atoms with E-state index in [2.05, 4.69) is 9.88 Å². The number of carbonyl (C=O) groups excluding carboxylic acids is 1. The van der Waals surface area contributed by atoms with E-state index in [9.17, 15) is 9.90 Å². The minimum Gasteiger partial charge on any atom is -0.389 e. The van der Waals surface area contributed by atoms with Crippen molar-refractivity contribution in [2.24, 2.45) is 0 Å². The van der Waals surface area contributed by atoms with Crippen molar-refractivity contribution in [1.29, 1.82) is 0 Å². The maximum atomic E-state index is 11.6. The summed E-state index contributed by atoms with van der Waals surface area (Å²) in [5.74, 6) is 1.23. The molecule has 1 amide bonds. The van der Waals surface area contributed by atoms with Crippen LogP contribution in [0.5, 0.6) is 0 Å². The lowest BCUT2D eigenvalue weighted by molar-refractivity contribution is -0.129. The number of hydrogen-bond donors (Lipinski definition) is 1. The molecule has 0 aliphatic carbocycles. The van der Waals surface area contributed by atoms with E-state index in [-0.39, 0.29) is 0 Å². The molecule has 5 heteroatoms. The number of amides is 1. The third-order valence-electron chi connectivity index (χ3n) is 4.07. The molecule has 1 aromatic heterocycles. The van der Waals surface area contributed by atoms with Gasteiger partial charge in [-0.05, 0) is 25.0 Å². The Balaban J connectivity index is 1.71. The molecule has 0 bridgehead atoms. The van der Waals surface area contributed by atoms with Gasteiger partial charge in [0.15, 0.2) is 0 Å². The molecule has 2 fully saturated rings. The predicted molar refractivity (Wildman–Crippen MR) is 71.8 cm³/mol. The summed E-state index contributed by atoms with van der Waals surface area (Å²) in [7, 11) is 0. The number of rotatable bonds is 2. The second-order valence-electron chi connectivity index (χ2n) is 5.35. The van der Waals surface area contributed by atoms with E-state index in [1.807, 2.05) is 17.0 Å². The molecule has 1 N–H and O–H groups in total. The van der Waals surface area contributed by atoms with Gasteiger partial charge in [0.25, 0.3) is 0 Å². The highest BCUT2D eigenvalue weighted by Crippen LogP contribution is 2.25. The smallest absolute Gasteiger partial charge is 0.223 e. The van der Waals surface area contributed by atoms with Crippen LogP contribution in [0.25, 0.3) is 0 Å². The Labute approximate surface area is 112 Å². The minimum absolute atomic E-state index is 0.294. The second kappa shape index (κ2) is 4.81. The Morgan fingerprint density at radius 3 is 2.95 bits per heavy atom. The molecule has 0 saturated carbocycles. The molecule has 1 unspecified atom stereocenters. The van der Waals surface area contributed by atoms with Gasteiger partial charge in [0.2, 0.25) is 5.91 Å². The summed E-state index contributed by atoms with van der Waals surface area (Å²) < 4.78 is 0. The molecular weight excluding hydrogens is 242 g/mol. The van der Waals surface area contributed by atoms with Gasteiger partial charge in [0.05, 0.1) is 6.10 Å². The highest BCUT2D eigenvalue weighted by atomic mass is 16.3. The van der Waals surface area contributed by atoms with Crippen LogP contribution in [0, 0.1) is 0 Å². The van der Waals surface area contributed by atoms with E-state index in [0.717, 1.165) is 37.4 Å². The molecule has 2 aliphatic heterocycles. The van der Waals surface area contributed by atoms with Crippen LogP contribution in [0.15, 0.2) is 18.3 Å². The van der Waals surface area contributed by atoms with Crippen molar-refractivity contribution in [3.8, 4) is 0 Å². The molecule has 0 spiro atoms. The monoisotopic (exact) mass is 261 g/mol. The number of aliphatic hydroxyl groups is 1. The van der Waals surface area contributed by atoms with Gasteiger partial charge < -0.3 is 14.9 Å². The Bertz CT molecular complexity index is 472. The molecular formula is C14H19N3O2. The Morgan fingerprint density at radius 2 is 2.26 bits per heavy atom. The molecule has 1 aromatic rings. The maximum absolute atomic E-state index is 11.6. The molecule has 2 atom stereocenters. The molecule has 0 radical (unpaired) electrons. The molecule has 3 heterocycles. The van der Waals surface area contributed by atoms with Crippen LogP contribution in [0.3, 0.4) is 0 Å². The zero-order valence-electron chi connectivity index (χ0n) is 11.1. The average molecular weight is 261 g/mol. The van der Waals surface area contributed by atoms with Crippen LogP contribution in [0.2, 0.25) is 0 Å². The number of carbonyl (C=O) groups is 1. The van der Waals surface area contributed by atoms with Crippen molar-refractivity contribution in [3.63, 3.8) is 0 Å². The van der Waals surface area contributed by atoms with Gasteiger partial charge in [-0.3, -0.25) is 4.79 Å². The lowest BCUT2D eigenvalue weighted by Gasteiger charge is -2.38. The third-order valence-corrected chi connectivity index (χ3v) is 4.07. The first kappa shape index (κ1) is 12.4. The number of aliphatic hydroxyl groups excluding tert-OH is 1. The van der Waals surface area contributed by atoms with Crippen molar-refractivity contribution in [3.05, 3.63) is 23.9 Å². The number of aromatic nitrogens is 1. The Hall–Kier alpha value is -1.62. The summed E-state index contributed by atoms with van der Waals surface area (Å²) in [6.07, 6.45) is 2.89. The summed E-state index contributed by atoms with van der Waals surface area (Å²) in [5, 5.41) is 9.48. The van der Waals surface area contributed by atoms with Gasteiger partial charge in [-0.1, -0.05) is 6.07 Å². The zero-order chi connectivity index (χ0) is 13.4. The van der Waals surface area contributed by atoms with Gasteiger partial charge in [0.1, 0.15) is 5.82 Å². The first-order valence-corrected chi connectivity index (χ1v) is 6.83. The molecule has 2 saturated heterocycles. The number of pyridine rings is 1. The Morgan fingerprint density at radius 1 is 1.42 bits per heavy atom. The first-order valence-electron chi connectivity index (χ1n) is 6.83. The van der Waals surface area contributed by atoms with Crippen molar-refractivity contribution < 1.29 is 9.90 Å². The van der Waals surface area contributed by atoms with Gasteiger partial charge in [-0.15, -0.1) is 0 Å². The SMILES string of the molecule is C[C@@H](O)c1ccc(N2CCN3C(=O)CCC3C2)nc1. The van der Waals surface area contributed by atoms with Crippen LogP contribution in [0.1, 0.15) is 31.4 Å². The number of fused-ring (bicyclic) bond motifs is 1. The fraction of sp³-hybridized carbons (Fsp3) is 0.571. The summed E-state index contributed by atoms with van der Waals surface area (Å²) >= 11 is 0. The van der Waals surface area contributed by atoms with Crippen LogP contribution >= 0.6 is 0 Å². The first-order chi connectivity index (χ1) is 9.15. The van der Waals surface area contributed by atoms with E-state index in [0.29, 0.717) is 18.4 Å². The highest BCUT2D eigenvalue weighted by molar-refractivity contribution is 5.79. The van der Waals surface area contributed by atoms with Crippen molar-refractivity contribution >= 4 is 11.7 Å². The highest BCUT2D eigenvalue weighted by Gasteiger charge is 2.35. The van der Waals surface area contributed by atoms with Gasteiger partial charge in [0, 0.05) is 38.3 Å². The second-order valence-corrected chi connectivity index (χ2v) is 5.35. The zero-order valence-corrected chi connectivity index (χ0v) is 11.1. The van der Waals surface area contributed by atoms with E-state index in [1.165, 1.54) is 0 Å². The molecule has 5 nitrogen and oxygen atoms in total. The van der Waals surface area contributed by atoms with Crippen LogP contribution < -0.4 is 4.90 Å². The van der Waals surface area contributed by atoms with Crippen molar-refractivity contribution in [1.82, 2.24) is 9.88 Å². The molecule has 19 heavy (non-hydrogen) atoms. The molecule has 3 rings (SSSR count). The van der Waals surface area contributed by atoms with Crippen LogP contribution in [-0.2, 0) is 4.79 Å². The number of piperazine rings is 1. The minimum atomic E-state index is -0.481. The molecule has 0 aromatic carbocycles. The number of anilines is 1. The van der Waals surface area contributed by atoms with E-state index < -0.39 is 6.10 Å². The van der Waals surface area contributed by atoms with E-state index in [1.54, 1.807) is 13.1 Å². The van der Waals surface area contributed by atoms with Crippen LogP contribution in [-0.4, -0.2) is 46.6 Å². The fourth-order valence-corrected chi connectivity index (χ4v) is 2.90. The summed E-state index contributed by atoms with van der Waals surface area (Å²) in [6.45, 7) is 4.24. The molecule has 102 valence electrons. The van der Waals surface area contributed by atoms with Gasteiger partial charge in [-0.2, -0.15) is 0 Å². The summed E-state index contributed by atoms with van der Waals surface area (Å²) in [5.41, 5.74) is 0.832. The maximum Gasteiger partial charge on any atom is 0.223 e. The topological polar surface area (TPSA) is 56.7 Å². The summed E-state index contributed by atoms with van der Waals surface area (Å²) in [6, 6.07) is 4.22. The van der Waals surface area contributed by atoms with Gasteiger partial charge >= 0.3 is 0 Å². The number of nitrogens with zero attached hydrogens (tertiary/aromatic N) is 3. The average Bonchev–Trinajstić information content (AvgIpc) is 2.80. The van der Waals surface area contributed by atoms with Crippen molar-refractivity contribution in [2.45, 2.75) is 31.9 Å². The van der Waals surface area contributed by atoms with E-state index in [4.69, 9.17) is 0 Å². The largest absolute Gasteiger partial charge is 0.389 e. The third kappa shape index (κ3) is 2.30. The van der Waals surface area contributed by atoms with E-state index >= 15 is 0 Å². The number of hydrogen-bond acceptors (Lipinski definition) is 4.